The average molecular weight is 429 g/mol. The van der Waals surface area contributed by atoms with Crippen LogP contribution in [0, 0.1) is 23.3 Å². The van der Waals surface area contributed by atoms with Crippen LogP contribution in [0.25, 0.3) is 0 Å². The molecule has 0 radical (unpaired) electrons. The van der Waals surface area contributed by atoms with Crippen molar-refractivity contribution >= 4 is 15.8 Å². The van der Waals surface area contributed by atoms with Crippen molar-refractivity contribution in [1.82, 2.24) is 4.31 Å². The summed E-state index contributed by atoms with van der Waals surface area (Å²) < 4.78 is 118. The van der Waals surface area contributed by atoms with Crippen LogP contribution in [0.2, 0.25) is 0 Å². The van der Waals surface area contributed by atoms with Gasteiger partial charge >= 0.3 is 6.18 Å². The maximum atomic E-state index is 14.2. The first-order valence-electron chi connectivity index (χ1n) is 7.21. The van der Waals surface area contributed by atoms with Crippen molar-refractivity contribution in [3.63, 3.8) is 0 Å². The lowest BCUT2D eigenvalue weighted by molar-refractivity contribution is -0.137. The molecule has 0 fully saturated rings. The summed E-state index contributed by atoms with van der Waals surface area (Å²) in [7, 11) is -3.25. The average Bonchev–Trinajstić information content (AvgIpc) is 2.61. The molecular formula is C16H10F7NO3S. The monoisotopic (exact) mass is 429 g/mol. The highest BCUT2D eigenvalue weighted by Gasteiger charge is 2.37. The van der Waals surface area contributed by atoms with Gasteiger partial charge in [-0.05, 0) is 12.1 Å². The summed E-state index contributed by atoms with van der Waals surface area (Å²) in [4.78, 5) is 10.7. The smallest absolute Gasteiger partial charge is 0.288 e. The summed E-state index contributed by atoms with van der Waals surface area (Å²) in [5.41, 5.74) is -3.54. The molecule has 0 amide bonds. The molecule has 0 N–H and O–H groups in total. The second-order valence-electron chi connectivity index (χ2n) is 5.65. The molecule has 0 heterocycles. The Morgan fingerprint density at radius 2 is 1.32 bits per heavy atom. The normalized spacial score (nSPS) is 12.5. The van der Waals surface area contributed by atoms with E-state index in [1.807, 2.05) is 0 Å². The minimum absolute atomic E-state index is 0.325. The van der Waals surface area contributed by atoms with E-state index in [1.165, 1.54) is 0 Å². The number of carbonyl (C=O) groups is 1. The molecule has 0 aliphatic carbocycles. The zero-order valence-corrected chi connectivity index (χ0v) is 14.9. The van der Waals surface area contributed by atoms with Crippen molar-refractivity contribution in [3.05, 3.63) is 64.2 Å². The van der Waals surface area contributed by atoms with Gasteiger partial charge in [0.05, 0.1) is 11.1 Å². The van der Waals surface area contributed by atoms with Crippen molar-refractivity contribution in [2.24, 2.45) is 0 Å². The minimum Gasteiger partial charge on any atom is -0.288 e. The molecule has 0 bridgehead atoms. The third kappa shape index (κ3) is 3.61. The highest BCUT2D eigenvalue weighted by atomic mass is 32.2. The lowest BCUT2D eigenvalue weighted by Crippen LogP contribution is -2.27. The molecule has 2 aromatic carbocycles. The summed E-state index contributed by atoms with van der Waals surface area (Å²) in [6.45, 7) is 0. The van der Waals surface area contributed by atoms with Gasteiger partial charge in [0.1, 0.15) is 4.90 Å². The number of halogens is 7. The number of hydrogen-bond acceptors (Lipinski definition) is 3. The Bertz CT molecular complexity index is 1050. The van der Waals surface area contributed by atoms with E-state index in [1.54, 1.807) is 0 Å². The van der Waals surface area contributed by atoms with E-state index >= 15 is 0 Å². The van der Waals surface area contributed by atoms with Crippen molar-refractivity contribution in [2.45, 2.75) is 11.1 Å². The number of nitrogens with zero attached hydrogens (tertiary/aromatic N) is 1. The highest BCUT2D eigenvalue weighted by molar-refractivity contribution is 7.89. The number of benzene rings is 2. The van der Waals surface area contributed by atoms with Crippen LogP contribution in [0.5, 0.6) is 0 Å². The molecule has 0 unspecified atom stereocenters. The van der Waals surface area contributed by atoms with Crippen molar-refractivity contribution in [2.75, 3.05) is 14.1 Å². The van der Waals surface area contributed by atoms with Gasteiger partial charge in [0.25, 0.3) is 0 Å². The molecule has 4 nitrogen and oxygen atoms in total. The molecule has 12 heteroatoms. The first-order chi connectivity index (χ1) is 12.7. The van der Waals surface area contributed by atoms with Gasteiger partial charge in [-0.25, -0.2) is 30.3 Å². The summed E-state index contributed by atoms with van der Waals surface area (Å²) in [6, 6.07) is 1.99. The molecule has 0 atom stereocenters. The van der Waals surface area contributed by atoms with Gasteiger partial charge in [-0.2, -0.15) is 13.2 Å². The molecule has 0 aromatic heterocycles. The zero-order chi connectivity index (χ0) is 21.6. The Balaban J connectivity index is 2.79. The van der Waals surface area contributed by atoms with E-state index in [2.05, 4.69) is 0 Å². The van der Waals surface area contributed by atoms with Crippen LogP contribution in [0.15, 0.2) is 29.2 Å². The van der Waals surface area contributed by atoms with Gasteiger partial charge in [0.15, 0.2) is 29.1 Å². The van der Waals surface area contributed by atoms with Crippen molar-refractivity contribution in [1.29, 1.82) is 0 Å². The molecule has 0 saturated heterocycles. The van der Waals surface area contributed by atoms with E-state index in [0.29, 0.717) is 28.6 Å². The Kier molecular flexibility index (Phi) is 5.59. The SMILES string of the molecule is CN(C)S(=O)(=O)c1c(F)c(F)c(F)c(F)c1C(=O)c1ccc(C(F)(F)F)cc1. The zero-order valence-electron chi connectivity index (χ0n) is 14.0. The van der Waals surface area contributed by atoms with Crippen LogP contribution >= 0.6 is 0 Å². The second kappa shape index (κ2) is 7.17. The van der Waals surface area contributed by atoms with Crippen LogP contribution in [0.1, 0.15) is 21.5 Å². The number of ketones is 1. The Morgan fingerprint density at radius 1 is 0.857 bits per heavy atom. The van der Waals surface area contributed by atoms with E-state index in [-0.39, 0.29) is 0 Å². The maximum Gasteiger partial charge on any atom is 0.416 e. The van der Waals surface area contributed by atoms with Gasteiger partial charge in [-0.3, -0.25) is 4.79 Å². The molecule has 28 heavy (non-hydrogen) atoms. The Morgan fingerprint density at radius 3 is 1.75 bits per heavy atom. The third-order valence-electron chi connectivity index (χ3n) is 3.66. The highest BCUT2D eigenvalue weighted by Crippen LogP contribution is 2.33. The van der Waals surface area contributed by atoms with Gasteiger partial charge < -0.3 is 0 Å². The quantitative estimate of drug-likeness (QED) is 0.322. The third-order valence-corrected chi connectivity index (χ3v) is 5.52. The van der Waals surface area contributed by atoms with Gasteiger partial charge in [-0.15, -0.1) is 0 Å². The van der Waals surface area contributed by atoms with E-state index in [4.69, 9.17) is 0 Å². The van der Waals surface area contributed by atoms with Crippen molar-refractivity contribution < 1.29 is 43.9 Å². The summed E-state index contributed by atoms with van der Waals surface area (Å²) in [6.07, 6.45) is -4.76. The van der Waals surface area contributed by atoms with Gasteiger partial charge in [0, 0.05) is 19.7 Å². The standard InChI is InChI=1S/C16H10F7NO3S/c1-24(2)28(26,27)15-9(10(17)11(18)12(19)13(15)20)14(25)7-3-5-8(6-4-7)16(21,22)23/h3-6H,1-2H3. The second-order valence-corrected chi connectivity index (χ2v) is 7.74. The van der Waals surface area contributed by atoms with E-state index in [9.17, 15) is 43.9 Å². The van der Waals surface area contributed by atoms with E-state index in [0.717, 1.165) is 14.1 Å². The minimum atomic E-state index is -4.97. The molecule has 0 spiro atoms. The number of alkyl halides is 3. The maximum absolute atomic E-state index is 14.2. The van der Waals surface area contributed by atoms with Crippen LogP contribution in [0.4, 0.5) is 30.7 Å². The number of hydrogen-bond donors (Lipinski definition) is 0. The fourth-order valence-electron chi connectivity index (χ4n) is 2.19. The first-order valence-corrected chi connectivity index (χ1v) is 8.65. The fraction of sp³-hybridized carbons (Fsp3) is 0.188. The first kappa shape index (κ1) is 21.8. The molecular weight excluding hydrogens is 419 g/mol. The van der Waals surface area contributed by atoms with Gasteiger partial charge in [-0.1, -0.05) is 12.1 Å². The molecule has 152 valence electrons. The van der Waals surface area contributed by atoms with Crippen LogP contribution < -0.4 is 0 Å². The topological polar surface area (TPSA) is 54.5 Å². The molecule has 2 rings (SSSR count). The van der Waals surface area contributed by atoms with Crippen LogP contribution in [0.3, 0.4) is 0 Å². The molecule has 0 aliphatic rings. The number of sulfonamides is 1. The van der Waals surface area contributed by atoms with Crippen LogP contribution in [-0.4, -0.2) is 32.6 Å². The Labute approximate surface area is 154 Å². The Hall–Kier alpha value is -2.47. The van der Waals surface area contributed by atoms with E-state index < -0.39 is 66.8 Å². The fourth-order valence-corrected chi connectivity index (χ4v) is 3.32. The number of carbonyl (C=O) groups excluding carboxylic acids is 1. The van der Waals surface area contributed by atoms with Gasteiger partial charge in [0.2, 0.25) is 10.0 Å². The van der Waals surface area contributed by atoms with Crippen LogP contribution in [-0.2, 0) is 16.2 Å². The largest absolute Gasteiger partial charge is 0.416 e. The lowest BCUT2D eigenvalue weighted by Gasteiger charge is -2.17. The number of rotatable bonds is 4. The summed E-state index contributed by atoms with van der Waals surface area (Å²) >= 11 is 0. The molecule has 0 saturated carbocycles. The van der Waals surface area contributed by atoms with Crippen molar-refractivity contribution in [3.8, 4) is 0 Å². The predicted octanol–water partition coefficient (Wildman–Crippen LogP) is 3.74. The predicted molar refractivity (Wildman–Crippen MR) is 82.0 cm³/mol. The molecule has 2 aromatic rings. The lowest BCUT2D eigenvalue weighted by atomic mass is 10.0. The summed E-state index contributed by atoms with van der Waals surface area (Å²) in [5, 5.41) is 0. The summed E-state index contributed by atoms with van der Waals surface area (Å²) in [5.74, 6) is -11.2. The molecule has 0 aliphatic heterocycles.